The van der Waals surface area contributed by atoms with Crippen molar-refractivity contribution in [2.45, 2.75) is 16.2 Å². The van der Waals surface area contributed by atoms with Crippen LogP contribution in [0, 0.1) is 11.3 Å². The lowest BCUT2D eigenvalue weighted by molar-refractivity contribution is -0.115. The van der Waals surface area contributed by atoms with Crippen LogP contribution in [0.25, 0.3) is 0 Å². The third-order valence-electron chi connectivity index (χ3n) is 3.13. The van der Waals surface area contributed by atoms with Gasteiger partial charge in [0.15, 0.2) is 0 Å². The predicted molar refractivity (Wildman–Crippen MR) is 93.9 cm³/mol. The molecule has 0 aliphatic rings. The minimum absolute atomic E-state index is 0.0152. The predicted octanol–water partition coefficient (Wildman–Crippen LogP) is 0.987. The van der Waals surface area contributed by atoms with Crippen LogP contribution in [0.1, 0.15) is 6.42 Å². The average Bonchev–Trinajstić information content (AvgIpc) is 2.54. The Morgan fingerprint density at radius 3 is 2.23 bits per heavy atom. The lowest BCUT2D eigenvalue weighted by Gasteiger charge is -2.13. The first-order valence-electron chi connectivity index (χ1n) is 7.05. The van der Waals surface area contributed by atoms with Crippen LogP contribution in [0.5, 0.6) is 0 Å². The van der Waals surface area contributed by atoms with Crippen molar-refractivity contribution in [2.75, 3.05) is 10.0 Å². The number of nitrogens with two attached hydrogens (primary N) is 1. The molecule has 9 nitrogen and oxygen atoms in total. The van der Waals surface area contributed by atoms with Crippen LogP contribution < -0.4 is 15.2 Å². The number of hydrogen-bond acceptors (Lipinski definition) is 6. The number of hydrogen-bond donors (Lipinski definition) is 3. The fraction of sp³-hybridized carbons (Fsp3) is 0.0667. The van der Waals surface area contributed by atoms with E-state index in [0.29, 0.717) is 0 Å². The van der Waals surface area contributed by atoms with E-state index >= 15 is 0 Å². The molecule has 0 heterocycles. The zero-order chi connectivity index (χ0) is 19.4. The van der Waals surface area contributed by atoms with Gasteiger partial charge >= 0.3 is 0 Å². The van der Waals surface area contributed by atoms with Crippen LogP contribution in [0.3, 0.4) is 0 Å². The second kappa shape index (κ2) is 7.52. The third-order valence-corrected chi connectivity index (χ3v) is 5.49. The molecule has 0 radical (unpaired) electrons. The first-order valence-corrected chi connectivity index (χ1v) is 10.1. The quantitative estimate of drug-likeness (QED) is 0.662. The molecule has 0 fully saturated rings. The van der Waals surface area contributed by atoms with Crippen LogP contribution in [-0.4, -0.2) is 22.7 Å². The first-order chi connectivity index (χ1) is 12.1. The van der Waals surface area contributed by atoms with Gasteiger partial charge in [0.1, 0.15) is 11.3 Å². The SMILES string of the molecule is N#CCC(=O)Nc1ccccc1S(=O)(=O)Nc1ccc(S(N)(=O)=O)cc1. The van der Waals surface area contributed by atoms with E-state index in [-0.39, 0.29) is 21.2 Å². The standard InChI is InChI=1S/C15H14N4O5S2/c16-10-9-15(20)18-13-3-1-2-4-14(13)26(23,24)19-11-5-7-12(8-6-11)25(17,21)22/h1-8,19H,9H2,(H,18,20)(H2,17,21,22). The largest absolute Gasteiger partial charge is 0.324 e. The van der Waals surface area contributed by atoms with Crippen LogP contribution in [0.15, 0.2) is 58.3 Å². The maximum absolute atomic E-state index is 12.6. The molecule has 0 aliphatic heterocycles. The summed E-state index contributed by atoms with van der Waals surface area (Å²) in [7, 11) is -7.97. The Bertz CT molecular complexity index is 1070. The van der Waals surface area contributed by atoms with E-state index in [1.807, 2.05) is 0 Å². The van der Waals surface area contributed by atoms with Crippen molar-refractivity contribution in [3.63, 3.8) is 0 Å². The number of carbonyl (C=O) groups is 1. The van der Waals surface area contributed by atoms with Gasteiger partial charge < -0.3 is 5.32 Å². The number of sulfonamides is 2. The Morgan fingerprint density at radius 2 is 1.65 bits per heavy atom. The van der Waals surface area contributed by atoms with Crippen LogP contribution in [0.2, 0.25) is 0 Å². The summed E-state index contributed by atoms with van der Waals surface area (Å²) in [5, 5.41) is 15.9. The number of anilines is 2. The number of amides is 1. The summed E-state index contributed by atoms with van der Waals surface area (Å²) in [6, 6.07) is 12.1. The molecule has 1 amide bonds. The molecule has 11 heteroatoms. The maximum Gasteiger partial charge on any atom is 0.263 e. The molecular weight excluding hydrogens is 380 g/mol. The molecule has 0 saturated carbocycles. The summed E-state index contributed by atoms with van der Waals surface area (Å²) in [6.07, 6.45) is -0.420. The van der Waals surface area contributed by atoms with Crippen molar-refractivity contribution < 1.29 is 21.6 Å². The molecule has 4 N–H and O–H groups in total. The summed E-state index contributed by atoms with van der Waals surface area (Å²) >= 11 is 0. The first kappa shape index (κ1) is 19.4. The zero-order valence-corrected chi connectivity index (χ0v) is 14.8. The topological polar surface area (TPSA) is 159 Å². The van der Waals surface area contributed by atoms with Crippen molar-refractivity contribution in [3.05, 3.63) is 48.5 Å². The monoisotopic (exact) mass is 394 g/mol. The van der Waals surface area contributed by atoms with Gasteiger partial charge in [-0.15, -0.1) is 0 Å². The minimum Gasteiger partial charge on any atom is -0.324 e. The van der Waals surface area contributed by atoms with E-state index in [0.717, 1.165) is 12.1 Å². The molecule has 2 aromatic carbocycles. The van der Waals surface area contributed by atoms with Gasteiger partial charge in [0.2, 0.25) is 15.9 Å². The van der Waals surface area contributed by atoms with E-state index < -0.39 is 32.4 Å². The maximum atomic E-state index is 12.6. The van der Waals surface area contributed by atoms with Gasteiger partial charge in [-0.1, -0.05) is 12.1 Å². The fourth-order valence-electron chi connectivity index (χ4n) is 1.99. The van der Waals surface area contributed by atoms with Gasteiger partial charge in [0.05, 0.1) is 16.7 Å². The van der Waals surface area contributed by atoms with Crippen LogP contribution in [0.4, 0.5) is 11.4 Å². The van der Waals surface area contributed by atoms with E-state index in [1.165, 1.54) is 36.4 Å². The smallest absolute Gasteiger partial charge is 0.263 e. The second-order valence-corrected chi connectivity index (χ2v) is 8.27. The third kappa shape index (κ3) is 4.79. The lowest BCUT2D eigenvalue weighted by atomic mass is 10.3. The van der Waals surface area contributed by atoms with Crippen molar-refractivity contribution in [1.82, 2.24) is 0 Å². The highest BCUT2D eigenvalue weighted by atomic mass is 32.2. The summed E-state index contributed by atoms with van der Waals surface area (Å²) in [5.74, 6) is -0.646. The van der Waals surface area contributed by atoms with E-state index in [1.54, 1.807) is 6.07 Å². The van der Waals surface area contributed by atoms with Crippen molar-refractivity contribution in [2.24, 2.45) is 5.14 Å². The number of carbonyl (C=O) groups excluding carboxylic acids is 1. The lowest BCUT2D eigenvalue weighted by Crippen LogP contribution is -2.18. The Kier molecular flexibility index (Phi) is 5.61. The molecule has 0 bridgehead atoms. The molecule has 0 spiro atoms. The summed E-state index contributed by atoms with van der Waals surface area (Å²) < 4.78 is 49.9. The minimum atomic E-state index is -4.08. The van der Waals surface area contributed by atoms with Gasteiger partial charge in [-0.2, -0.15) is 5.26 Å². The Labute approximate surface area is 150 Å². The zero-order valence-electron chi connectivity index (χ0n) is 13.2. The Hall–Kier alpha value is -2.94. The number of rotatable bonds is 6. The number of benzene rings is 2. The Balaban J connectivity index is 2.31. The van der Waals surface area contributed by atoms with Gasteiger partial charge in [0.25, 0.3) is 10.0 Å². The van der Waals surface area contributed by atoms with Crippen molar-refractivity contribution in [3.8, 4) is 6.07 Å². The molecule has 2 rings (SSSR count). The highest BCUT2D eigenvalue weighted by Gasteiger charge is 2.20. The fourth-order valence-corrected chi connectivity index (χ4v) is 3.73. The van der Waals surface area contributed by atoms with Gasteiger partial charge in [-0.25, -0.2) is 22.0 Å². The molecule has 2 aromatic rings. The normalized spacial score (nSPS) is 11.4. The van der Waals surface area contributed by atoms with Gasteiger partial charge in [-0.3, -0.25) is 9.52 Å². The highest BCUT2D eigenvalue weighted by molar-refractivity contribution is 7.93. The number of nitriles is 1. The Morgan fingerprint density at radius 1 is 1.04 bits per heavy atom. The highest BCUT2D eigenvalue weighted by Crippen LogP contribution is 2.24. The van der Waals surface area contributed by atoms with E-state index in [2.05, 4.69) is 10.0 Å². The molecule has 26 heavy (non-hydrogen) atoms. The molecule has 0 aromatic heterocycles. The molecule has 0 saturated heterocycles. The van der Waals surface area contributed by atoms with Crippen molar-refractivity contribution in [1.29, 1.82) is 5.26 Å². The van der Waals surface area contributed by atoms with Crippen molar-refractivity contribution >= 4 is 37.3 Å². The number of nitrogens with zero attached hydrogens (tertiary/aromatic N) is 1. The molecule has 0 unspecified atom stereocenters. The summed E-state index contributed by atoms with van der Waals surface area (Å²) in [5.41, 5.74) is 0.122. The number of nitrogens with one attached hydrogen (secondary N) is 2. The molecule has 0 aliphatic carbocycles. The van der Waals surface area contributed by atoms with E-state index in [9.17, 15) is 21.6 Å². The molecule has 136 valence electrons. The van der Waals surface area contributed by atoms with Crippen LogP contribution >= 0.6 is 0 Å². The molecular formula is C15H14N4O5S2. The van der Waals surface area contributed by atoms with Gasteiger partial charge in [0, 0.05) is 5.69 Å². The van der Waals surface area contributed by atoms with Crippen LogP contribution in [-0.2, 0) is 24.8 Å². The second-order valence-electron chi connectivity index (χ2n) is 5.05. The summed E-state index contributed by atoms with van der Waals surface area (Å²) in [4.78, 5) is 11.2. The molecule has 0 atom stereocenters. The average molecular weight is 394 g/mol. The number of primary sulfonamides is 1. The summed E-state index contributed by atoms with van der Waals surface area (Å²) in [6.45, 7) is 0. The van der Waals surface area contributed by atoms with E-state index in [4.69, 9.17) is 10.4 Å². The number of para-hydroxylation sites is 1. The van der Waals surface area contributed by atoms with Gasteiger partial charge in [-0.05, 0) is 36.4 Å².